The molecular formula is C26H24N4O4. The van der Waals surface area contributed by atoms with E-state index in [1.54, 1.807) is 49.6 Å². The summed E-state index contributed by atoms with van der Waals surface area (Å²) in [6.45, 7) is 1.86. The highest BCUT2D eigenvalue weighted by Crippen LogP contribution is 2.41. The number of nitrogens with one attached hydrogen (secondary N) is 2. The van der Waals surface area contributed by atoms with Crippen LogP contribution in [0.1, 0.15) is 18.5 Å². The van der Waals surface area contributed by atoms with Crippen molar-refractivity contribution in [2.45, 2.75) is 13.0 Å². The highest BCUT2D eigenvalue weighted by molar-refractivity contribution is 6.06. The molecule has 0 radical (unpaired) electrons. The van der Waals surface area contributed by atoms with Crippen molar-refractivity contribution >= 4 is 28.6 Å². The second kappa shape index (κ2) is 8.47. The van der Waals surface area contributed by atoms with Gasteiger partial charge in [0.25, 0.3) is 5.91 Å². The number of nitrogens with zero attached hydrogens (tertiary/aromatic N) is 2. The molecule has 0 fully saturated rings. The molecule has 0 saturated carbocycles. The summed E-state index contributed by atoms with van der Waals surface area (Å²) in [7, 11) is 3.09. The number of fused-ring (bicyclic) bond motifs is 3. The second-order valence-electron chi connectivity index (χ2n) is 7.97. The molecule has 1 aromatic heterocycles. The number of aromatic nitrogens is 2. The lowest BCUT2D eigenvalue weighted by molar-refractivity contribution is -0.113. The Labute approximate surface area is 196 Å². The number of phenolic OH excluding ortho intramolecular Hbond substituents is 1. The Morgan fingerprint density at radius 1 is 1.06 bits per heavy atom. The van der Waals surface area contributed by atoms with Gasteiger partial charge in [-0.25, -0.2) is 4.98 Å². The lowest BCUT2D eigenvalue weighted by atomic mass is 9.94. The number of anilines is 2. The van der Waals surface area contributed by atoms with Gasteiger partial charge in [-0.15, -0.1) is 0 Å². The van der Waals surface area contributed by atoms with Crippen LogP contribution in [0.25, 0.3) is 11.0 Å². The number of phenols is 1. The molecule has 1 aliphatic rings. The van der Waals surface area contributed by atoms with Gasteiger partial charge in [-0.3, -0.25) is 9.36 Å². The molecule has 0 spiro atoms. The standard InChI is InChI=1S/C26H24N4O4/c1-15-23(25(32)28-17-9-11-18(33-2)12-10-17)24(16-8-13-21(31)22(14-16)34-3)30-20-7-5-4-6-19(20)29-26(30)27-15/h4-14,24,31H,1-3H3,(H,27,29)(H,28,32)/t24-/m1/s1. The van der Waals surface area contributed by atoms with E-state index in [1.807, 2.05) is 35.8 Å². The monoisotopic (exact) mass is 456 g/mol. The van der Waals surface area contributed by atoms with E-state index in [2.05, 4.69) is 10.6 Å². The maximum Gasteiger partial charge on any atom is 0.255 e. The fourth-order valence-corrected chi connectivity index (χ4v) is 4.31. The highest BCUT2D eigenvalue weighted by Gasteiger charge is 2.34. The zero-order chi connectivity index (χ0) is 23.8. The van der Waals surface area contributed by atoms with Gasteiger partial charge in [0.1, 0.15) is 5.75 Å². The van der Waals surface area contributed by atoms with E-state index in [1.165, 1.54) is 7.11 Å². The van der Waals surface area contributed by atoms with Crippen molar-refractivity contribution < 1.29 is 19.4 Å². The van der Waals surface area contributed by atoms with E-state index < -0.39 is 6.04 Å². The molecule has 1 atom stereocenters. The third kappa shape index (κ3) is 3.59. The van der Waals surface area contributed by atoms with E-state index in [0.29, 0.717) is 34.4 Å². The minimum atomic E-state index is -0.503. The predicted molar refractivity (Wildman–Crippen MR) is 130 cm³/mol. The van der Waals surface area contributed by atoms with Crippen LogP contribution >= 0.6 is 0 Å². The molecule has 4 aromatic rings. The van der Waals surface area contributed by atoms with Gasteiger partial charge in [0.2, 0.25) is 5.95 Å². The fourth-order valence-electron chi connectivity index (χ4n) is 4.31. The molecule has 0 saturated heterocycles. The van der Waals surface area contributed by atoms with Crippen molar-refractivity contribution in [3.63, 3.8) is 0 Å². The Morgan fingerprint density at radius 2 is 1.82 bits per heavy atom. The van der Waals surface area contributed by atoms with Crippen LogP contribution in [0.2, 0.25) is 0 Å². The number of para-hydroxylation sites is 2. The van der Waals surface area contributed by atoms with Crippen molar-refractivity contribution in [1.82, 2.24) is 9.55 Å². The summed E-state index contributed by atoms with van der Waals surface area (Å²) in [4.78, 5) is 18.4. The number of hydrogen-bond acceptors (Lipinski definition) is 6. The van der Waals surface area contributed by atoms with E-state index >= 15 is 0 Å². The Morgan fingerprint density at radius 3 is 2.56 bits per heavy atom. The summed E-state index contributed by atoms with van der Waals surface area (Å²) in [6, 6.07) is 19.5. The first kappa shape index (κ1) is 21.4. The normalized spacial score (nSPS) is 15.0. The summed E-state index contributed by atoms with van der Waals surface area (Å²) < 4.78 is 12.6. The minimum absolute atomic E-state index is 0.0285. The quantitative estimate of drug-likeness (QED) is 0.403. The average molecular weight is 457 g/mol. The van der Waals surface area contributed by atoms with Crippen molar-refractivity contribution in [3.05, 3.63) is 83.6 Å². The smallest absolute Gasteiger partial charge is 0.255 e. The fraction of sp³-hybridized carbons (Fsp3) is 0.154. The third-order valence-corrected chi connectivity index (χ3v) is 5.94. The molecule has 0 bridgehead atoms. The Kier molecular flexibility index (Phi) is 5.33. The van der Waals surface area contributed by atoms with Gasteiger partial charge in [0, 0.05) is 11.4 Å². The van der Waals surface area contributed by atoms with Gasteiger partial charge in [0.05, 0.1) is 36.9 Å². The molecule has 8 heteroatoms. The number of imidazole rings is 1. The summed E-state index contributed by atoms with van der Waals surface area (Å²) in [5.41, 5.74) is 4.33. The number of methoxy groups -OCH3 is 2. The highest BCUT2D eigenvalue weighted by atomic mass is 16.5. The van der Waals surface area contributed by atoms with Crippen LogP contribution in [-0.2, 0) is 4.79 Å². The molecule has 0 unspecified atom stereocenters. The first-order valence-electron chi connectivity index (χ1n) is 10.8. The van der Waals surface area contributed by atoms with E-state index in [0.717, 1.165) is 16.6 Å². The van der Waals surface area contributed by atoms with Crippen molar-refractivity contribution in [1.29, 1.82) is 0 Å². The number of carbonyl (C=O) groups is 1. The second-order valence-corrected chi connectivity index (χ2v) is 7.97. The summed E-state index contributed by atoms with van der Waals surface area (Å²) >= 11 is 0. The van der Waals surface area contributed by atoms with Gasteiger partial charge in [0.15, 0.2) is 11.5 Å². The summed E-state index contributed by atoms with van der Waals surface area (Å²) in [6.07, 6.45) is 0. The maximum absolute atomic E-state index is 13.7. The summed E-state index contributed by atoms with van der Waals surface area (Å²) in [5, 5.41) is 16.5. The minimum Gasteiger partial charge on any atom is -0.504 e. The van der Waals surface area contributed by atoms with Gasteiger partial charge in [-0.2, -0.15) is 0 Å². The molecular weight excluding hydrogens is 432 g/mol. The molecule has 2 heterocycles. The largest absolute Gasteiger partial charge is 0.504 e. The van der Waals surface area contributed by atoms with Gasteiger partial charge >= 0.3 is 0 Å². The van der Waals surface area contributed by atoms with Crippen molar-refractivity contribution in [2.24, 2.45) is 0 Å². The van der Waals surface area contributed by atoms with Crippen molar-refractivity contribution in [3.8, 4) is 17.2 Å². The van der Waals surface area contributed by atoms with Crippen LogP contribution in [0.5, 0.6) is 17.2 Å². The zero-order valence-electron chi connectivity index (χ0n) is 19.0. The lowest BCUT2D eigenvalue weighted by Crippen LogP contribution is -2.30. The van der Waals surface area contributed by atoms with E-state index in [-0.39, 0.29) is 11.7 Å². The van der Waals surface area contributed by atoms with Crippen molar-refractivity contribution in [2.75, 3.05) is 24.9 Å². The number of ether oxygens (including phenoxy) is 2. The molecule has 8 nitrogen and oxygen atoms in total. The molecule has 3 N–H and O–H groups in total. The van der Waals surface area contributed by atoms with E-state index in [9.17, 15) is 9.90 Å². The number of carbonyl (C=O) groups excluding carboxylic acids is 1. The number of amides is 1. The number of aromatic hydroxyl groups is 1. The molecule has 0 aliphatic carbocycles. The molecule has 1 aliphatic heterocycles. The van der Waals surface area contributed by atoms with Gasteiger partial charge in [-0.1, -0.05) is 18.2 Å². The number of hydrogen-bond donors (Lipinski definition) is 3. The first-order chi connectivity index (χ1) is 16.5. The topological polar surface area (TPSA) is 97.6 Å². The zero-order valence-corrected chi connectivity index (χ0v) is 19.0. The Hall–Kier alpha value is -4.46. The molecule has 1 amide bonds. The van der Waals surface area contributed by atoms with Crippen LogP contribution in [0.15, 0.2) is 78.0 Å². The van der Waals surface area contributed by atoms with Crippen LogP contribution in [0, 0.1) is 0 Å². The van der Waals surface area contributed by atoms with E-state index in [4.69, 9.17) is 14.5 Å². The Bertz CT molecular complexity index is 1420. The first-order valence-corrected chi connectivity index (χ1v) is 10.8. The maximum atomic E-state index is 13.7. The van der Waals surface area contributed by atoms with Crippen LogP contribution < -0.4 is 20.1 Å². The predicted octanol–water partition coefficient (Wildman–Crippen LogP) is 4.69. The van der Waals surface area contributed by atoms with Gasteiger partial charge in [-0.05, 0) is 61.0 Å². The molecule has 5 rings (SSSR count). The van der Waals surface area contributed by atoms with Crippen LogP contribution in [0.3, 0.4) is 0 Å². The number of allylic oxidation sites excluding steroid dienone is 1. The third-order valence-electron chi connectivity index (χ3n) is 5.94. The van der Waals surface area contributed by atoms with Crippen LogP contribution in [-0.4, -0.2) is 34.8 Å². The SMILES string of the molecule is COc1ccc(NC(=O)C2=C(C)Nc3nc4ccccc4n3[C@@H]2c2ccc(O)c(OC)c2)cc1. The molecule has 172 valence electrons. The van der Waals surface area contributed by atoms with Crippen LogP contribution in [0.4, 0.5) is 11.6 Å². The average Bonchev–Trinajstić information content (AvgIpc) is 3.21. The summed E-state index contributed by atoms with van der Waals surface area (Å²) in [5.74, 6) is 1.44. The number of benzene rings is 3. The lowest BCUT2D eigenvalue weighted by Gasteiger charge is -2.31. The molecule has 34 heavy (non-hydrogen) atoms. The Balaban J connectivity index is 1.64. The molecule has 3 aromatic carbocycles. The van der Waals surface area contributed by atoms with Gasteiger partial charge < -0.3 is 25.2 Å². The number of rotatable bonds is 5.